The molecule has 0 saturated carbocycles. The third-order valence-corrected chi connectivity index (χ3v) is 6.79. The molecule has 1 saturated heterocycles. The number of aromatic nitrogens is 2. The lowest BCUT2D eigenvalue weighted by Crippen LogP contribution is -2.54. The van der Waals surface area contributed by atoms with E-state index >= 15 is 0 Å². The minimum atomic E-state index is -0.426. The number of fused-ring (bicyclic) bond motifs is 1. The number of ether oxygens (including phenoxy) is 1. The van der Waals surface area contributed by atoms with Gasteiger partial charge in [0.2, 0.25) is 5.91 Å². The van der Waals surface area contributed by atoms with Crippen LogP contribution in [0.15, 0.2) is 34.1 Å². The predicted molar refractivity (Wildman–Crippen MR) is 123 cm³/mol. The number of amides is 1. The first kappa shape index (κ1) is 22.3. The Morgan fingerprint density at radius 2 is 1.84 bits per heavy atom. The summed E-state index contributed by atoms with van der Waals surface area (Å²) in [6.45, 7) is 3.43. The van der Waals surface area contributed by atoms with Crippen LogP contribution in [0.25, 0.3) is 0 Å². The van der Waals surface area contributed by atoms with Gasteiger partial charge in [0.15, 0.2) is 0 Å². The van der Waals surface area contributed by atoms with E-state index in [0.29, 0.717) is 16.3 Å². The molecule has 2 aliphatic rings. The Bertz CT molecular complexity index is 1060. The van der Waals surface area contributed by atoms with Gasteiger partial charge in [0.05, 0.1) is 24.1 Å². The predicted octanol–water partition coefficient (Wildman–Crippen LogP) is 1.13. The van der Waals surface area contributed by atoms with Crippen molar-refractivity contribution >= 4 is 29.3 Å². The number of nitrogens with zero attached hydrogens (tertiary/aromatic N) is 4. The molecule has 1 aliphatic carbocycles. The standard InChI is InChI=1S/C22H27N5O4S/c1-25-10-12-26(13-11-25)27-18-5-3-4-17(18)20(24-22(27)30)32-14-19(28)23-16-8-6-15(7-9-16)21(29)31-2/h6-9H,3-5,10-14H2,1-2H3,(H,23,28). The third kappa shape index (κ3) is 4.81. The number of methoxy groups -OCH3 is 1. The van der Waals surface area contributed by atoms with Crippen LogP contribution in [0.4, 0.5) is 5.69 Å². The van der Waals surface area contributed by atoms with Gasteiger partial charge in [-0.2, -0.15) is 4.98 Å². The molecule has 1 aromatic heterocycles. The van der Waals surface area contributed by atoms with Crippen LogP contribution in [0.5, 0.6) is 0 Å². The van der Waals surface area contributed by atoms with Crippen LogP contribution in [-0.4, -0.2) is 72.5 Å². The highest BCUT2D eigenvalue weighted by Gasteiger charge is 2.26. The quantitative estimate of drug-likeness (QED) is 0.392. The van der Waals surface area contributed by atoms with Gasteiger partial charge in [-0.25, -0.2) is 14.3 Å². The first-order valence-electron chi connectivity index (χ1n) is 10.7. The number of carbonyl (C=O) groups is 2. The Kier molecular flexibility index (Phi) is 6.80. The number of hydrogen-bond donors (Lipinski definition) is 1. The number of esters is 1. The van der Waals surface area contributed by atoms with Crippen molar-refractivity contribution in [3.63, 3.8) is 0 Å². The van der Waals surface area contributed by atoms with Crippen LogP contribution in [0.1, 0.15) is 28.0 Å². The Balaban J connectivity index is 1.43. The molecule has 32 heavy (non-hydrogen) atoms. The average Bonchev–Trinajstić information content (AvgIpc) is 3.28. The minimum absolute atomic E-state index is 0.149. The number of piperazine rings is 1. The summed E-state index contributed by atoms with van der Waals surface area (Å²) in [5.41, 5.74) is 2.86. The van der Waals surface area contributed by atoms with Crippen molar-refractivity contribution in [3.8, 4) is 0 Å². The maximum Gasteiger partial charge on any atom is 0.367 e. The summed E-state index contributed by atoms with van der Waals surface area (Å²) in [4.78, 5) is 43.4. The molecule has 10 heteroatoms. The zero-order valence-corrected chi connectivity index (χ0v) is 19.1. The number of thioether (sulfide) groups is 1. The monoisotopic (exact) mass is 457 g/mol. The largest absolute Gasteiger partial charge is 0.465 e. The lowest BCUT2D eigenvalue weighted by atomic mass is 10.2. The molecule has 4 rings (SSSR count). The molecule has 0 spiro atoms. The maximum atomic E-state index is 12.9. The van der Waals surface area contributed by atoms with Crippen LogP contribution < -0.4 is 16.0 Å². The highest BCUT2D eigenvalue weighted by Crippen LogP contribution is 2.29. The van der Waals surface area contributed by atoms with Gasteiger partial charge < -0.3 is 20.0 Å². The molecule has 1 amide bonds. The number of nitrogens with one attached hydrogen (secondary N) is 1. The lowest BCUT2D eigenvalue weighted by molar-refractivity contribution is -0.113. The molecule has 9 nitrogen and oxygen atoms in total. The SMILES string of the molecule is COC(=O)c1ccc(NC(=O)CSc2nc(=O)n(N3CCN(C)CC3)c3c2CCC3)cc1. The molecule has 0 atom stereocenters. The van der Waals surface area contributed by atoms with Gasteiger partial charge in [0.1, 0.15) is 5.03 Å². The second-order valence-corrected chi connectivity index (χ2v) is 8.92. The Hall–Kier alpha value is -2.85. The van der Waals surface area contributed by atoms with Crippen molar-refractivity contribution in [1.82, 2.24) is 14.6 Å². The molecule has 1 aliphatic heterocycles. The molecule has 170 valence electrons. The van der Waals surface area contributed by atoms with E-state index in [1.54, 1.807) is 28.9 Å². The summed E-state index contributed by atoms with van der Waals surface area (Å²) in [6.07, 6.45) is 2.71. The van der Waals surface area contributed by atoms with Crippen molar-refractivity contribution in [2.45, 2.75) is 24.3 Å². The van der Waals surface area contributed by atoms with E-state index in [1.807, 2.05) is 0 Å². The number of carbonyl (C=O) groups excluding carboxylic acids is 2. The van der Waals surface area contributed by atoms with Crippen molar-refractivity contribution in [2.24, 2.45) is 0 Å². The zero-order valence-electron chi connectivity index (χ0n) is 18.3. The summed E-state index contributed by atoms with van der Waals surface area (Å²) in [5, 5.41) is 5.56. The maximum absolute atomic E-state index is 12.9. The first-order valence-corrected chi connectivity index (χ1v) is 11.6. The summed E-state index contributed by atoms with van der Waals surface area (Å²) < 4.78 is 6.44. The highest BCUT2D eigenvalue weighted by atomic mass is 32.2. The number of anilines is 1. The van der Waals surface area contributed by atoms with Gasteiger partial charge in [0, 0.05) is 37.4 Å². The van der Waals surface area contributed by atoms with E-state index in [4.69, 9.17) is 0 Å². The fraction of sp³-hybridized carbons (Fsp3) is 0.455. The van der Waals surface area contributed by atoms with Gasteiger partial charge in [-0.15, -0.1) is 0 Å². The summed E-state index contributed by atoms with van der Waals surface area (Å²) in [7, 11) is 3.41. The van der Waals surface area contributed by atoms with Crippen molar-refractivity contribution in [1.29, 1.82) is 0 Å². The Labute approximate surface area is 190 Å². The van der Waals surface area contributed by atoms with E-state index in [0.717, 1.165) is 56.7 Å². The van der Waals surface area contributed by atoms with Crippen LogP contribution >= 0.6 is 11.8 Å². The molecule has 2 heterocycles. The van der Waals surface area contributed by atoms with E-state index in [1.165, 1.54) is 18.9 Å². The molecular weight excluding hydrogens is 430 g/mol. The van der Waals surface area contributed by atoms with E-state index in [-0.39, 0.29) is 17.3 Å². The third-order valence-electron chi connectivity index (χ3n) is 5.77. The molecule has 2 aromatic rings. The molecule has 0 unspecified atom stereocenters. The van der Waals surface area contributed by atoms with Gasteiger partial charge in [0.25, 0.3) is 0 Å². The number of rotatable bonds is 6. The second kappa shape index (κ2) is 9.74. The molecular formula is C22H27N5O4S. The topological polar surface area (TPSA) is 96.8 Å². The smallest absolute Gasteiger partial charge is 0.367 e. The van der Waals surface area contributed by atoms with Crippen molar-refractivity contribution in [2.75, 3.05) is 56.4 Å². The fourth-order valence-electron chi connectivity index (χ4n) is 4.05. The van der Waals surface area contributed by atoms with Crippen molar-refractivity contribution < 1.29 is 14.3 Å². The molecule has 1 aromatic carbocycles. The summed E-state index contributed by atoms with van der Waals surface area (Å²) >= 11 is 1.30. The number of likely N-dealkylation sites (N-methyl/N-ethyl adjacent to an activating group) is 1. The van der Waals surface area contributed by atoms with Crippen LogP contribution in [0.2, 0.25) is 0 Å². The second-order valence-electron chi connectivity index (χ2n) is 7.95. The van der Waals surface area contributed by atoms with Crippen LogP contribution in [-0.2, 0) is 22.4 Å². The first-order chi connectivity index (χ1) is 15.5. The summed E-state index contributed by atoms with van der Waals surface area (Å²) in [6, 6.07) is 6.51. The Morgan fingerprint density at radius 1 is 1.12 bits per heavy atom. The van der Waals surface area contributed by atoms with Crippen LogP contribution in [0, 0.1) is 0 Å². The van der Waals surface area contributed by atoms with E-state index in [9.17, 15) is 14.4 Å². The summed E-state index contributed by atoms with van der Waals surface area (Å²) in [5.74, 6) is -0.474. The molecule has 1 fully saturated rings. The molecule has 0 radical (unpaired) electrons. The van der Waals surface area contributed by atoms with E-state index in [2.05, 4.69) is 32.0 Å². The minimum Gasteiger partial charge on any atom is -0.465 e. The van der Waals surface area contributed by atoms with Crippen molar-refractivity contribution in [3.05, 3.63) is 51.6 Å². The fourth-order valence-corrected chi connectivity index (χ4v) is 4.93. The number of benzene rings is 1. The molecule has 0 bridgehead atoms. The normalized spacial score (nSPS) is 16.0. The van der Waals surface area contributed by atoms with Gasteiger partial charge in [-0.05, 0) is 50.6 Å². The number of hydrogen-bond acceptors (Lipinski definition) is 8. The molecule has 1 N–H and O–H groups in total. The Morgan fingerprint density at radius 3 is 2.53 bits per heavy atom. The average molecular weight is 458 g/mol. The van der Waals surface area contributed by atoms with Gasteiger partial charge in [-0.1, -0.05) is 11.8 Å². The van der Waals surface area contributed by atoms with E-state index < -0.39 is 5.97 Å². The van der Waals surface area contributed by atoms with Gasteiger partial charge >= 0.3 is 11.7 Å². The lowest BCUT2D eigenvalue weighted by Gasteiger charge is -2.35. The highest BCUT2D eigenvalue weighted by molar-refractivity contribution is 8.00. The zero-order chi connectivity index (χ0) is 22.7. The van der Waals surface area contributed by atoms with Crippen LogP contribution in [0.3, 0.4) is 0 Å². The van der Waals surface area contributed by atoms with Gasteiger partial charge in [-0.3, -0.25) is 4.79 Å².